The number of halogens is 1. The zero-order valence-electron chi connectivity index (χ0n) is 10.9. The van der Waals surface area contributed by atoms with Gasteiger partial charge in [0.25, 0.3) is 0 Å². The summed E-state index contributed by atoms with van der Waals surface area (Å²) in [7, 11) is 0. The van der Waals surface area contributed by atoms with Crippen molar-refractivity contribution >= 4 is 10.9 Å². The zero-order chi connectivity index (χ0) is 12.4. The van der Waals surface area contributed by atoms with E-state index in [-0.39, 0.29) is 24.0 Å². The van der Waals surface area contributed by atoms with E-state index in [1.807, 2.05) is 47.0 Å². The van der Waals surface area contributed by atoms with Gasteiger partial charge in [0.1, 0.15) is 1.37 Å². The second-order valence-corrected chi connectivity index (χ2v) is 4.09. The van der Waals surface area contributed by atoms with Gasteiger partial charge in [-0.1, -0.05) is 42.5 Å². The number of hydrogen-bond donors (Lipinski definition) is 0. The van der Waals surface area contributed by atoms with Crippen molar-refractivity contribution in [1.29, 1.82) is 0 Å². The minimum absolute atomic E-state index is 0. The van der Waals surface area contributed by atoms with Crippen LogP contribution in [-0.4, -0.2) is 0 Å². The molecule has 0 unspecified atom stereocenters. The molecule has 0 N–H and O–H groups in total. The van der Waals surface area contributed by atoms with Crippen molar-refractivity contribution in [2.45, 2.75) is 6.54 Å². The van der Waals surface area contributed by atoms with E-state index >= 15 is 0 Å². The minimum atomic E-state index is 0. The largest absolute Gasteiger partial charge is 1.00 e. The third-order valence-electron chi connectivity index (χ3n) is 2.90. The molecule has 1 heterocycles. The standard InChI is InChI=1S/C16H14N.HI/c1-2-7-14(8-3-1)13-17-12-6-10-15-9-4-5-11-16(15)17;/h1-12H,13H2;1H/q+1;/p-1/i12D;. The number of fused-ring (bicyclic) bond motifs is 1. The lowest BCUT2D eigenvalue weighted by Gasteiger charge is -2.01. The van der Waals surface area contributed by atoms with Crippen LogP contribution in [0.5, 0.6) is 0 Å². The van der Waals surface area contributed by atoms with Crippen molar-refractivity contribution in [3.05, 3.63) is 78.5 Å². The van der Waals surface area contributed by atoms with E-state index in [1.165, 1.54) is 10.9 Å². The highest BCUT2D eigenvalue weighted by molar-refractivity contribution is 5.74. The minimum Gasteiger partial charge on any atom is -1.00 e. The Labute approximate surface area is 126 Å². The number of rotatable bonds is 2. The summed E-state index contributed by atoms with van der Waals surface area (Å²) in [5.74, 6) is 0. The Hall–Kier alpha value is -1.42. The molecule has 0 saturated carbocycles. The lowest BCUT2D eigenvalue weighted by atomic mass is 10.2. The summed E-state index contributed by atoms with van der Waals surface area (Å²) in [4.78, 5) is 0. The first-order valence-corrected chi connectivity index (χ1v) is 5.77. The first-order valence-electron chi connectivity index (χ1n) is 6.27. The molecule has 3 aromatic rings. The Morgan fingerprint density at radius 3 is 2.33 bits per heavy atom. The molecule has 2 heteroatoms. The van der Waals surface area contributed by atoms with Crippen LogP contribution in [0, 0.1) is 0 Å². The average Bonchev–Trinajstić information content (AvgIpc) is 2.43. The molecule has 0 saturated heterocycles. The summed E-state index contributed by atoms with van der Waals surface area (Å²) in [6, 6.07) is 22.3. The van der Waals surface area contributed by atoms with Gasteiger partial charge in [0.05, 0.1) is 0 Å². The van der Waals surface area contributed by atoms with Crippen molar-refractivity contribution in [3.8, 4) is 0 Å². The molecule has 1 nitrogen and oxygen atoms in total. The van der Waals surface area contributed by atoms with E-state index in [2.05, 4.69) is 24.3 Å². The quantitative estimate of drug-likeness (QED) is 0.460. The van der Waals surface area contributed by atoms with Crippen LogP contribution in [0.2, 0.25) is 0 Å². The molecular weight excluding hydrogens is 333 g/mol. The Morgan fingerprint density at radius 2 is 1.50 bits per heavy atom. The topological polar surface area (TPSA) is 3.88 Å². The summed E-state index contributed by atoms with van der Waals surface area (Å²) in [5, 5.41) is 1.17. The molecule has 0 aliphatic carbocycles. The maximum Gasteiger partial charge on any atom is 0.212 e. The fourth-order valence-electron chi connectivity index (χ4n) is 2.06. The molecular formula is C16H14IN. The average molecular weight is 348 g/mol. The fourth-order valence-corrected chi connectivity index (χ4v) is 2.06. The molecule has 0 atom stereocenters. The number of para-hydroxylation sites is 1. The summed E-state index contributed by atoms with van der Waals surface area (Å²) in [6.07, 6.45) is 0.539. The molecule has 18 heavy (non-hydrogen) atoms. The third-order valence-corrected chi connectivity index (χ3v) is 2.90. The number of nitrogens with zero attached hydrogens (tertiary/aromatic N) is 1. The van der Waals surface area contributed by atoms with Crippen LogP contribution in [-0.2, 0) is 6.54 Å². The van der Waals surface area contributed by atoms with Gasteiger partial charge in [0, 0.05) is 23.1 Å². The first kappa shape index (κ1) is 11.7. The summed E-state index contributed by atoms with van der Waals surface area (Å²) >= 11 is 0. The molecule has 2 aromatic carbocycles. The molecule has 0 aliphatic rings. The summed E-state index contributed by atoms with van der Waals surface area (Å²) in [6.45, 7) is 0.737. The van der Waals surface area contributed by atoms with Gasteiger partial charge in [-0.25, -0.2) is 0 Å². The van der Waals surface area contributed by atoms with Gasteiger partial charge in [0.15, 0.2) is 12.7 Å². The SMILES string of the molecule is [2H]c1ccc2ccccc2[n+]1Cc1ccccc1.[I-]. The molecule has 0 fully saturated rings. The van der Waals surface area contributed by atoms with Crippen molar-refractivity contribution in [2.24, 2.45) is 0 Å². The van der Waals surface area contributed by atoms with E-state index < -0.39 is 0 Å². The maximum atomic E-state index is 8.07. The Morgan fingerprint density at radius 1 is 0.833 bits per heavy atom. The van der Waals surface area contributed by atoms with E-state index in [4.69, 9.17) is 1.37 Å². The van der Waals surface area contributed by atoms with Crippen LogP contribution in [0.1, 0.15) is 6.93 Å². The van der Waals surface area contributed by atoms with Crippen molar-refractivity contribution in [3.63, 3.8) is 0 Å². The van der Waals surface area contributed by atoms with Gasteiger partial charge in [-0.15, -0.1) is 0 Å². The van der Waals surface area contributed by atoms with Crippen LogP contribution < -0.4 is 28.5 Å². The lowest BCUT2D eigenvalue weighted by molar-refractivity contribution is -0.662. The smallest absolute Gasteiger partial charge is 0.212 e. The monoisotopic (exact) mass is 348 g/mol. The van der Waals surface area contributed by atoms with Crippen molar-refractivity contribution in [1.82, 2.24) is 0 Å². The lowest BCUT2D eigenvalue weighted by Crippen LogP contribution is -3.00. The highest BCUT2D eigenvalue weighted by Crippen LogP contribution is 2.08. The highest BCUT2D eigenvalue weighted by atomic mass is 127. The summed E-state index contributed by atoms with van der Waals surface area (Å²) in [5.41, 5.74) is 2.32. The number of benzene rings is 2. The molecule has 0 amide bonds. The Kier molecular flexibility index (Phi) is 3.86. The van der Waals surface area contributed by atoms with Gasteiger partial charge >= 0.3 is 0 Å². The van der Waals surface area contributed by atoms with Gasteiger partial charge in [-0.3, -0.25) is 0 Å². The van der Waals surface area contributed by atoms with Gasteiger partial charge in [0.2, 0.25) is 5.52 Å². The molecule has 0 spiro atoms. The highest BCUT2D eigenvalue weighted by Gasteiger charge is 2.07. The van der Waals surface area contributed by atoms with E-state index in [1.54, 1.807) is 0 Å². The van der Waals surface area contributed by atoms with Crippen LogP contribution in [0.25, 0.3) is 10.9 Å². The normalized spacial score (nSPS) is 10.8. The fraction of sp³-hybridized carbons (Fsp3) is 0.0625. The molecule has 0 radical (unpaired) electrons. The van der Waals surface area contributed by atoms with Crippen molar-refractivity contribution < 1.29 is 29.9 Å². The zero-order valence-corrected chi connectivity index (χ0v) is 12.0. The molecule has 0 bridgehead atoms. The number of pyridine rings is 1. The second kappa shape index (κ2) is 5.96. The van der Waals surface area contributed by atoms with E-state index in [0.717, 1.165) is 12.1 Å². The molecule has 1 aromatic heterocycles. The van der Waals surface area contributed by atoms with Gasteiger partial charge in [-0.2, -0.15) is 4.57 Å². The Balaban J connectivity index is 0.00000133. The number of hydrogen-bond acceptors (Lipinski definition) is 0. The predicted molar refractivity (Wildman–Crippen MR) is 69.7 cm³/mol. The first-order chi connectivity index (χ1) is 8.84. The summed E-state index contributed by atoms with van der Waals surface area (Å²) < 4.78 is 10.1. The molecule has 3 rings (SSSR count). The van der Waals surface area contributed by atoms with Gasteiger partial charge in [-0.05, 0) is 12.1 Å². The van der Waals surface area contributed by atoms with Crippen LogP contribution in [0.3, 0.4) is 0 Å². The predicted octanol–water partition coefficient (Wildman–Crippen LogP) is 0.180. The second-order valence-electron chi connectivity index (χ2n) is 4.09. The number of aromatic nitrogens is 1. The van der Waals surface area contributed by atoms with E-state index in [9.17, 15) is 0 Å². The Bertz CT molecular complexity index is 683. The van der Waals surface area contributed by atoms with Crippen LogP contribution >= 0.6 is 0 Å². The van der Waals surface area contributed by atoms with Crippen LogP contribution in [0.4, 0.5) is 0 Å². The van der Waals surface area contributed by atoms with E-state index in [0.29, 0.717) is 6.17 Å². The van der Waals surface area contributed by atoms with Crippen molar-refractivity contribution in [2.75, 3.05) is 0 Å². The molecule has 0 aliphatic heterocycles. The molecule has 90 valence electrons. The van der Waals surface area contributed by atoms with Crippen LogP contribution in [0.15, 0.2) is 72.9 Å². The van der Waals surface area contributed by atoms with Gasteiger partial charge < -0.3 is 24.0 Å². The maximum absolute atomic E-state index is 8.07. The third kappa shape index (κ3) is 2.70.